The third-order valence-corrected chi connectivity index (χ3v) is 2.68. The van der Waals surface area contributed by atoms with Gasteiger partial charge in [0.2, 0.25) is 5.91 Å². The minimum absolute atomic E-state index is 0.00459. The zero-order valence-corrected chi connectivity index (χ0v) is 8.86. The van der Waals surface area contributed by atoms with E-state index in [-0.39, 0.29) is 11.9 Å². The van der Waals surface area contributed by atoms with Crippen LogP contribution >= 0.6 is 0 Å². The molecule has 2 heterocycles. The highest BCUT2D eigenvalue weighted by Gasteiger charge is 2.24. The Balaban J connectivity index is 1.89. The van der Waals surface area contributed by atoms with Crippen molar-refractivity contribution in [3.05, 3.63) is 18.2 Å². The van der Waals surface area contributed by atoms with Gasteiger partial charge in [0.25, 0.3) is 0 Å². The lowest BCUT2D eigenvalue weighted by Crippen LogP contribution is -2.41. The van der Waals surface area contributed by atoms with Crippen molar-refractivity contribution >= 4 is 5.91 Å². The summed E-state index contributed by atoms with van der Waals surface area (Å²) in [6, 6.07) is 0.00459. The van der Waals surface area contributed by atoms with E-state index in [2.05, 4.69) is 15.3 Å². The normalized spacial score (nSPS) is 20.5. The Hall–Kier alpha value is -1.36. The van der Waals surface area contributed by atoms with Gasteiger partial charge in [-0.1, -0.05) is 0 Å². The van der Waals surface area contributed by atoms with Gasteiger partial charge in [-0.25, -0.2) is 4.98 Å². The highest BCUT2D eigenvalue weighted by molar-refractivity contribution is 5.81. The van der Waals surface area contributed by atoms with E-state index in [1.807, 2.05) is 7.05 Å². The quantitative estimate of drug-likeness (QED) is 0.741. The molecule has 0 aromatic carbocycles. The summed E-state index contributed by atoms with van der Waals surface area (Å²) >= 11 is 0. The molecule has 1 fully saturated rings. The molecule has 2 rings (SSSR count). The minimum Gasteiger partial charge on any atom is -0.347 e. The zero-order chi connectivity index (χ0) is 10.7. The predicted octanol–water partition coefficient (Wildman–Crippen LogP) is 0.120. The molecule has 0 radical (unpaired) electrons. The van der Waals surface area contributed by atoms with Crippen LogP contribution in [0.2, 0.25) is 0 Å². The van der Waals surface area contributed by atoms with Crippen molar-refractivity contribution in [1.82, 2.24) is 20.2 Å². The SMILES string of the molecule is CN(Cc1ncc[nH]1)C(=O)[C@H]1CCCN1. The van der Waals surface area contributed by atoms with Gasteiger partial charge in [-0.15, -0.1) is 0 Å². The van der Waals surface area contributed by atoms with Gasteiger partial charge in [0.05, 0.1) is 12.6 Å². The van der Waals surface area contributed by atoms with Crippen molar-refractivity contribution in [1.29, 1.82) is 0 Å². The molecule has 0 unspecified atom stereocenters. The second kappa shape index (κ2) is 4.44. The smallest absolute Gasteiger partial charge is 0.239 e. The average molecular weight is 208 g/mol. The molecule has 1 aromatic rings. The number of carbonyl (C=O) groups excluding carboxylic acids is 1. The molecule has 1 aliphatic rings. The first kappa shape index (κ1) is 10.2. The van der Waals surface area contributed by atoms with Crippen molar-refractivity contribution in [3.63, 3.8) is 0 Å². The number of nitrogens with zero attached hydrogens (tertiary/aromatic N) is 2. The van der Waals surface area contributed by atoms with Gasteiger partial charge >= 0.3 is 0 Å². The third-order valence-electron chi connectivity index (χ3n) is 2.68. The van der Waals surface area contributed by atoms with E-state index in [9.17, 15) is 4.79 Å². The summed E-state index contributed by atoms with van der Waals surface area (Å²) in [4.78, 5) is 20.7. The molecule has 1 atom stereocenters. The lowest BCUT2D eigenvalue weighted by Gasteiger charge is -2.19. The van der Waals surface area contributed by atoms with Crippen LogP contribution in [0, 0.1) is 0 Å². The molecular formula is C10H16N4O. The molecule has 15 heavy (non-hydrogen) atoms. The van der Waals surface area contributed by atoms with Crippen LogP contribution < -0.4 is 5.32 Å². The van der Waals surface area contributed by atoms with Crippen molar-refractivity contribution in [3.8, 4) is 0 Å². The fourth-order valence-electron chi connectivity index (χ4n) is 1.85. The first-order valence-corrected chi connectivity index (χ1v) is 5.24. The van der Waals surface area contributed by atoms with Crippen LogP contribution in [0.3, 0.4) is 0 Å². The number of carbonyl (C=O) groups is 1. The number of aromatic amines is 1. The van der Waals surface area contributed by atoms with Crippen molar-refractivity contribution in [2.75, 3.05) is 13.6 Å². The number of rotatable bonds is 3. The summed E-state index contributed by atoms with van der Waals surface area (Å²) in [7, 11) is 1.81. The molecule has 5 heteroatoms. The molecule has 2 N–H and O–H groups in total. The van der Waals surface area contributed by atoms with Crippen molar-refractivity contribution in [2.45, 2.75) is 25.4 Å². The van der Waals surface area contributed by atoms with E-state index in [1.54, 1.807) is 17.3 Å². The van der Waals surface area contributed by atoms with Crippen LogP contribution in [-0.2, 0) is 11.3 Å². The number of aromatic nitrogens is 2. The van der Waals surface area contributed by atoms with Gasteiger partial charge in [-0.3, -0.25) is 4.79 Å². The Labute approximate surface area is 88.9 Å². The summed E-state index contributed by atoms with van der Waals surface area (Å²) in [5.74, 6) is 0.979. The summed E-state index contributed by atoms with van der Waals surface area (Å²) in [5.41, 5.74) is 0. The summed E-state index contributed by atoms with van der Waals surface area (Å²) in [6.07, 6.45) is 5.50. The molecule has 5 nitrogen and oxygen atoms in total. The van der Waals surface area contributed by atoms with Crippen LogP contribution in [0.25, 0.3) is 0 Å². The molecule has 0 bridgehead atoms. The summed E-state index contributed by atoms with van der Waals surface area (Å²) in [5, 5.41) is 3.20. The number of imidazole rings is 1. The highest BCUT2D eigenvalue weighted by atomic mass is 16.2. The maximum Gasteiger partial charge on any atom is 0.239 e. The average Bonchev–Trinajstić information content (AvgIpc) is 2.88. The van der Waals surface area contributed by atoms with Gasteiger partial charge in [0.15, 0.2) is 0 Å². The number of hydrogen-bond acceptors (Lipinski definition) is 3. The number of likely N-dealkylation sites (N-methyl/N-ethyl adjacent to an activating group) is 1. The lowest BCUT2D eigenvalue weighted by molar-refractivity contribution is -0.132. The van der Waals surface area contributed by atoms with Gasteiger partial charge in [-0.2, -0.15) is 0 Å². The molecule has 1 saturated heterocycles. The Kier molecular flexibility index (Phi) is 3.01. The number of nitrogens with one attached hydrogen (secondary N) is 2. The Morgan fingerprint density at radius 1 is 1.73 bits per heavy atom. The van der Waals surface area contributed by atoms with E-state index in [0.29, 0.717) is 6.54 Å². The number of H-pyrrole nitrogens is 1. The van der Waals surface area contributed by atoms with Gasteiger partial charge in [0, 0.05) is 19.4 Å². The maximum absolute atomic E-state index is 11.9. The summed E-state index contributed by atoms with van der Waals surface area (Å²) in [6.45, 7) is 1.50. The monoisotopic (exact) mass is 208 g/mol. The first-order valence-electron chi connectivity index (χ1n) is 5.24. The zero-order valence-electron chi connectivity index (χ0n) is 8.86. The topological polar surface area (TPSA) is 61.0 Å². The molecule has 1 aliphatic heterocycles. The van der Waals surface area contributed by atoms with Crippen LogP contribution in [0.5, 0.6) is 0 Å². The van der Waals surface area contributed by atoms with Gasteiger partial charge in [-0.05, 0) is 19.4 Å². The molecule has 82 valence electrons. The second-order valence-electron chi connectivity index (χ2n) is 3.88. The second-order valence-corrected chi connectivity index (χ2v) is 3.88. The van der Waals surface area contributed by atoms with E-state index in [4.69, 9.17) is 0 Å². The molecule has 1 aromatic heterocycles. The Morgan fingerprint density at radius 2 is 2.60 bits per heavy atom. The van der Waals surface area contributed by atoms with E-state index in [0.717, 1.165) is 25.2 Å². The molecule has 0 saturated carbocycles. The van der Waals surface area contributed by atoms with E-state index in [1.165, 1.54) is 0 Å². The molecular weight excluding hydrogens is 192 g/mol. The van der Waals surface area contributed by atoms with Crippen molar-refractivity contribution in [2.24, 2.45) is 0 Å². The Morgan fingerprint density at radius 3 is 3.20 bits per heavy atom. The fourth-order valence-corrected chi connectivity index (χ4v) is 1.85. The fraction of sp³-hybridized carbons (Fsp3) is 0.600. The van der Waals surface area contributed by atoms with Crippen LogP contribution in [-0.4, -0.2) is 40.4 Å². The lowest BCUT2D eigenvalue weighted by atomic mass is 10.2. The van der Waals surface area contributed by atoms with Crippen LogP contribution in [0.1, 0.15) is 18.7 Å². The van der Waals surface area contributed by atoms with E-state index < -0.39 is 0 Å². The maximum atomic E-state index is 11.9. The number of hydrogen-bond donors (Lipinski definition) is 2. The van der Waals surface area contributed by atoms with Crippen molar-refractivity contribution < 1.29 is 4.79 Å². The van der Waals surface area contributed by atoms with Gasteiger partial charge < -0.3 is 15.2 Å². The molecule has 0 spiro atoms. The minimum atomic E-state index is 0.00459. The van der Waals surface area contributed by atoms with Crippen LogP contribution in [0.15, 0.2) is 12.4 Å². The first-order chi connectivity index (χ1) is 7.27. The van der Waals surface area contributed by atoms with Crippen LogP contribution in [0.4, 0.5) is 0 Å². The highest BCUT2D eigenvalue weighted by Crippen LogP contribution is 2.08. The largest absolute Gasteiger partial charge is 0.347 e. The summed E-state index contributed by atoms with van der Waals surface area (Å²) < 4.78 is 0. The number of amides is 1. The molecule has 0 aliphatic carbocycles. The molecule has 1 amide bonds. The Bertz CT molecular complexity index is 316. The van der Waals surface area contributed by atoms with Gasteiger partial charge in [0.1, 0.15) is 5.82 Å². The standard InChI is InChI=1S/C10H16N4O/c1-14(7-9-12-5-6-13-9)10(15)8-3-2-4-11-8/h5-6,8,11H,2-4,7H2,1H3,(H,12,13)/t8-/m1/s1. The predicted molar refractivity (Wildman–Crippen MR) is 56.1 cm³/mol. The van der Waals surface area contributed by atoms with E-state index >= 15 is 0 Å². The third kappa shape index (κ3) is 2.36.